The summed E-state index contributed by atoms with van der Waals surface area (Å²) in [5.41, 5.74) is -5.61. The summed E-state index contributed by atoms with van der Waals surface area (Å²) in [7, 11) is -4.89. The Morgan fingerprint density at radius 2 is 1.78 bits per heavy atom. The molecule has 1 aromatic carbocycles. The molecule has 1 N–H and O–H groups in total. The van der Waals surface area contributed by atoms with Gasteiger partial charge in [0, 0.05) is 31.0 Å². The Hall–Kier alpha value is -2.18. The van der Waals surface area contributed by atoms with E-state index in [2.05, 4.69) is 0 Å². The second kappa shape index (κ2) is 9.53. The molecule has 13 heteroatoms. The SMILES string of the molecule is CC(F)(F)CC[C@@H]1CN(C2CCCC2)c2cc(C(F)(F)F)c(OCC3(C(=O)O)CC3)cc2S(=O)(=O)[C@@H]1F. The maximum absolute atomic E-state index is 15.6. The number of carboxylic acids is 1. The van der Waals surface area contributed by atoms with Crippen LogP contribution in [0.4, 0.5) is 32.0 Å². The van der Waals surface area contributed by atoms with Gasteiger partial charge in [0.1, 0.15) is 17.8 Å². The molecule has 0 amide bonds. The first-order valence-electron chi connectivity index (χ1n) is 12.2. The molecule has 4 rings (SSSR count). The van der Waals surface area contributed by atoms with E-state index in [1.165, 1.54) is 4.90 Å². The van der Waals surface area contributed by atoms with Gasteiger partial charge in [-0.25, -0.2) is 21.6 Å². The summed E-state index contributed by atoms with van der Waals surface area (Å²) < 4.78 is 117. The number of carboxylic acid groups (broad SMARTS) is 1. The van der Waals surface area contributed by atoms with Crippen molar-refractivity contribution in [1.29, 1.82) is 0 Å². The van der Waals surface area contributed by atoms with Crippen LogP contribution in [0.3, 0.4) is 0 Å². The maximum Gasteiger partial charge on any atom is 0.420 e. The third-order valence-corrected chi connectivity index (χ3v) is 9.53. The normalized spacial score (nSPS) is 25.4. The number of sulfone groups is 1. The largest absolute Gasteiger partial charge is 0.492 e. The van der Waals surface area contributed by atoms with E-state index in [-0.39, 0.29) is 31.1 Å². The number of anilines is 1. The molecule has 0 bridgehead atoms. The average molecular weight is 558 g/mol. The number of nitrogens with zero attached hydrogens (tertiary/aromatic N) is 1. The topological polar surface area (TPSA) is 83.9 Å². The average Bonchev–Trinajstić information content (AvgIpc) is 3.42. The number of fused-ring (bicyclic) bond motifs is 1. The summed E-state index contributed by atoms with van der Waals surface area (Å²) in [5, 5.41) is 9.34. The molecule has 2 fully saturated rings. The van der Waals surface area contributed by atoms with Crippen LogP contribution >= 0.6 is 0 Å². The number of carbonyl (C=O) groups is 1. The number of alkyl halides is 6. The van der Waals surface area contributed by atoms with Crippen molar-refractivity contribution in [3.05, 3.63) is 17.7 Å². The summed E-state index contributed by atoms with van der Waals surface area (Å²) in [4.78, 5) is 12.2. The van der Waals surface area contributed by atoms with Crippen molar-refractivity contribution in [2.75, 3.05) is 18.1 Å². The number of halogens is 6. The molecule has 0 spiro atoms. The predicted molar refractivity (Wildman–Crippen MR) is 121 cm³/mol. The van der Waals surface area contributed by atoms with E-state index in [0.29, 0.717) is 31.9 Å². The van der Waals surface area contributed by atoms with Gasteiger partial charge in [-0.05, 0) is 45.1 Å². The Kier molecular flexibility index (Phi) is 7.17. The van der Waals surface area contributed by atoms with Gasteiger partial charge in [0.2, 0.25) is 21.3 Å². The van der Waals surface area contributed by atoms with Crippen LogP contribution in [0.15, 0.2) is 17.0 Å². The van der Waals surface area contributed by atoms with E-state index in [1.54, 1.807) is 0 Å². The quantitative estimate of drug-likeness (QED) is 0.405. The van der Waals surface area contributed by atoms with Crippen molar-refractivity contribution in [2.45, 2.75) is 86.8 Å². The van der Waals surface area contributed by atoms with Gasteiger partial charge in [-0.1, -0.05) is 12.8 Å². The Bertz CT molecular complexity index is 1140. The van der Waals surface area contributed by atoms with E-state index in [9.17, 15) is 40.3 Å². The zero-order valence-corrected chi connectivity index (χ0v) is 21.0. The highest BCUT2D eigenvalue weighted by Crippen LogP contribution is 2.50. The van der Waals surface area contributed by atoms with E-state index >= 15 is 4.39 Å². The Morgan fingerprint density at radius 3 is 2.30 bits per heavy atom. The predicted octanol–water partition coefficient (Wildman–Crippen LogP) is 5.83. The number of aliphatic carboxylic acids is 1. The fraction of sp³-hybridized carbons (Fsp3) is 0.708. The molecule has 3 aliphatic rings. The van der Waals surface area contributed by atoms with Crippen LogP contribution in [0.25, 0.3) is 0 Å². The highest BCUT2D eigenvalue weighted by molar-refractivity contribution is 7.92. The van der Waals surface area contributed by atoms with Crippen LogP contribution in [-0.2, 0) is 20.8 Å². The van der Waals surface area contributed by atoms with Gasteiger partial charge in [-0.2, -0.15) is 13.2 Å². The summed E-state index contributed by atoms with van der Waals surface area (Å²) in [6.07, 6.45) is -3.30. The lowest BCUT2D eigenvalue weighted by molar-refractivity contribution is -0.144. The number of benzene rings is 1. The molecule has 208 valence electrons. The summed E-state index contributed by atoms with van der Waals surface area (Å²) in [6, 6.07) is 0.861. The molecule has 0 saturated heterocycles. The van der Waals surface area contributed by atoms with Crippen LogP contribution in [0, 0.1) is 11.3 Å². The molecule has 1 heterocycles. The van der Waals surface area contributed by atoms with Crippen molar-refractivity contribution in [3.63, 3.8) is 0 Å². The third-order valence-electron chi connectivity index (χ3n) is 7.61. The standard InChI is InChI=1S/C24H29F6NO5S/c1-22(26,27)7-6-14-12-31(15-4-2-3-5-15)17-10-16(24(28,29)30)18(11-19(17)37(34,35)20(14)25)36-13-23(8-9-23)21(32)33/h10-11,14-15,20H,2-9,12-13H2,1H3,(H,32,33)/t14-,20+/m1/s1. The second-order valence-electron chi connectivity index (χ2n) is 10.5. The minimum atomic E-state index is -4.99. The summed E-state index contributed by atoms with van der Waals surface area (Å²) in [5.74, 6) is -6.70. The van der Waals surface area contributed by atoms with E-state index < -0.39 is 80.4 Å². The molecular weight excluding hydrogens is 528 g/mol. The molecule has 6 nitrogen and oxygen atoms in total. The van der Waals surface area contributed by atoms with Gasteiger partial charge in [0.15, 0.2) is 0 Å². The Labute approximate surface area is 210 Å². The lowest BCUT2D eigenvalue weighted by atomic mass is 9.99. The van der Waals surface area contributed by atoms with Crippen molar-refractivity contribution in [2.24, 2.45) is 11.3 Å². The number of rotatable bonds is 8. The minimum absolute atomic E-state index is 0.193. The lowest BCUT2D eigenvalue weighted by Gasteiger charge is -2.34. The zero-order valence-electron chi connectivity index (χ0n) is 20.2. The molecule has 37 heavy (non-hydrogen) atoms. The zero-order chi connectivity index (χ0) is 27.4. The fourth-order valence-electron chi connectivity index (χ4n) is 5.16. The Balaban J connectivity index is 1.82. The second-order valence-corrected chi connectivity index (χ2v) is 12.5. The van der Waals surface area contributed by atoms with Gasteiger partial charge in [0.05, 0.1) is 16.1 Å². The number of hydrogen-bond donors (Lipinski definition) is 1. The number of hydrogen-bond acceptors (Lipinski definition) is 5. The summed E-state index contributed by atoms with van der Waals surface area (Å²) >= 11 is 0. The molecule has 2 saturated carbocycles. The molecule has 1 aromatic rings. The van der Waals surface area contributed by atoms with Crippen molar-refractivity contribution in [1.82, 2.24) is 0 Å². The van der Waals surface area contributed by atoms with E-state index in [4.69, 9.17) is 4.74 Å². The molecule has 0 radical (unpaired) electrons. The fourth-order valence-corrected chi connectivity index (χ4v) is 6.87. The highest BCUT2D eigenvalue weighted by Gasteiger charge is 2.52. The van der Waals surface area contributed by atoms with Crippen molar-refractivity contribution < 1.29 is 49.4 Å². The van der Waals surface area contributed by atoms with Gasteiger partial charge >= 0.3 is 12.1 Å². The highest BCUT2D eigenvalue weighted by atomic mass is 32.2. The minimum Gasteiger partial charge on any atom is -0.492 e. The smallest absolute Gasteiger partial charge is 0.420 e. The lowest BCUT2D eigenvalue weighted by Crippen LogP contribution is -2.39. The number of ether oxygens (including phenoxy) is 1. The first kappa shape index (κ1) is 27.8. The van der Waals surface area contributed by atoms with Gasteiger partial charge in [-0.3, -0.25) is 4.79 Å². The first-order chi connectivity index (χ1) is 17.1. The molecule has 0 aromatic heterocycles. The van der Waals surface area contributed by atoms with Crippen LogP contribution in [0.1, 0.15) is 63.9 Å². The molecular formula is C24H29F6NO5S. The van der Waals surface area contributed by atoms with Gasteiger partial charge < -0.3 is 14.7 Å². The summed E-state index contributed by atoms with van der Waals surface area (Å²) in [6.45, 7) is -0.296. The van der Waals surface area contributed by atoms with Crippen molar-refractivity contribution in [3.8, 4) is 5.75 Å². The van der Waals surface area contributed by atoms with Crippen LogP contribution in [0.5, 0.6) is 5.75 Å². The van der Waals surface area contributed by atoms with Crippen LogP contribution in [-0.4, -0.2) is 50.1 Å². The molecule has 2 aliphatic carbocycles. The third kappa shape index (κ3) is 5.65. The van der Waals surface area contributed by atoms with Crippen LogP contribution < -0.4 is 9.64 Å². The van der Waals surface area contributed by atoms with Crippen molar-refractivity contribution >= 4 is 21.5 Å². The van der Waals surface area contributed by atoms with Crippen LogP contribution in [0.2, 0.25) is 0 Å². The van der Waals surface area contributed by atoms with E-state index in [1.807, 2.05) is 0 Å². The van der Waals surface area contributed by atoms with Gasteiger partial charge in [0.25, 0.3) is 0 Å². The van der Waals surface area contributed by atoms with E-state index in [0.717, 1.165) is 12.8 Å². The Morgan fingerprint density at radius 1 is 1.16 bits per heavy atom. The molecule has 1 aliphatic heterocycles. The monoisotopic (exact) mass is 557 g/mol. The maximum atomic E-state index is 15.6. The van der Waals surface area contributed by atoms with Gasteiger partial charge in [-0.15, -0.1) is 0 Å². The molecule has 0 unspecified atom stereocenters. The first-order valence-corrected chi connectivity index (χ1v) is 13.7. The molecule has 2 atom stereocenters.